The van der Waals surface area contributed by atoms with Crippen LogP contribution in [0.5, 0.6) is 0 Å². The van der Waals surface area contributed by atoms with Crippen molar-refractivity contribution in [1.29, 1.82) is 0 Å². The lowest BCUT2D eigenvalue weighted by atomic mass is 10.0. The second kappa shape index (κ2) is 5.84. The number of hydrogen-bond donors (Lipinski definition) is 2. The molecule has 0 saturated carbocycles. The van der Waals surface area contributed by atoms with Crippen molar-refractivity contribution in [3.63, 3.8) is 0 Å². The molecule has 1 heterocycles. The molecule has 0 bridgehead atoms. The zero-order valence-corrected chi connectivity index (χ0v) is 10.1. The van der Waals surface area contributed by atoms with Gasteiger partial charge < -0.3 is 10.1 Å². The summed E-state index contributed by atoms with van der Waals surface area (Å²) in [4.78, 5) is 22.5. The number of rotatable bonds is 5. The normalized spacial score (nSPS) is 24.6. The number of amides is 1. The maximum absolute atomic E-state index is 11.5. The van der Waals surface area contributed by atoms with Crippen LogP contribution >= 0.6 is 0 Å². The molecule has 1 fully saturated rings. The van der Waals surface area contributed by atoms with E-state index < -0.39 is 0 Å². The number of ether oxygens (including phenoxy) is 1. The average Bonchev–Trinajstić information content (AvgIpc) is 2.55. The van der Waals surface area contributed by atoms with E-state index in [9.17, 15) is 9.59 Å². The number of carbonyl (C=O) groups excluding carboxylic acids is 2. The predicted octanol–water partition coefficient (Wildman–Crippen LogP) is 0.400. The Labute approximate surface area is 95.9 Å². The summed E-state index contributed by atoms with van der Waals surface area (Å²) in [6, 6.07) is -0.123. The Bertz CT molecular complexity index is 266. The molecule has 92 valence electrons. The molecule has 0 aromatic rings. The maximum Gasteiger partial charge on any atom is 0.305 e. The van der Waals surface area contributed by atoms with Crippen LogP contribution in [0.1, 0.15) is 33.1 Å². The van der Waals surface area contributed by atoms with E-state index >= 15 is 0 Å². The SMILES string of the molecule is COC(=O)CCC1NC(=O)[C@H](CC(C)C)N1. The molecule has 0 radical (unpaired) electrons. The lowest BCUT2D eigenvalue weighted by Gasteiger charge is -2.12. The van der Waals surface area contributed by atoms with E-state index in [1.807, 2.05) is 0 Å². The fourth-order valence-electron chi connectivity index (χ4n) is 1.80. The Morgan fingerprint density at radius 1 is 1.50 bits per heavy atom. The van der Waals surface area contributed by atoms with Crippen LogP contribution in [0.3, 0.4) is 0 Å². The van der Waals surface area contributed by atoms with Crippen LogP contribution in [-0.2, 0) is 14.3 Å². The standard InChI is InChI=1S/C11H20N2O3/c1-7(2)6-8-11(15)13-9(12-8)4-5-10(14)16-3/h7-9,12H,4-6H2,1-3H3,(H,13,15)/t8-,9?/m0/s1. The minimum Gasteiger partial charge on any atom is -0.469 e. The summed E-state index contributed by atoms with van der Waals surface area (Å²) in [7, 11) is 1.37. The topological polar surface area (TPSA) is 67.4 Å². The Balaban J connectivity index is 2.32. The van der Waals surface area contributed by atoms with Crippen LogP contribution in [0.25, 0.3) is 0 Å². The molecule has 0 aliphatic carbocycles. The van der Waals surface area contributed by atoms with E-state index in [1.54, 1.807) is 0 Å². The van der Waals surface area contributed by atoms with Gasteiger partial charge in [0, 0.05) is 6.42 Å². The highest BCUT2D eigenvalue weighted by Gasteiger charge is 2.31. The first-order chi connectivity index (χ1) is 7.52. The number of hydrogen-bond acceptors (Lipinski definition) is 4. The van der Waals surface area contributed by atoms with E-state index in [-0.39, 0.29) is 24.1 Å². The summed E-state index contributed by atoms with van der Waals surface area (Å²) in [6.07, 6.45) is 1.62. The summed E-state index contributed by atoms with van der Waals surface area (Å²) in [6.45, 7) is 4.16. The largest absolute Gasteiger partial charge is 0.469 e. The molecular weight excluding hydrogens is 208 g/mol. The number of carbonyl (C=O) groups is 2. The Morgan fingerprint density at radius 2 is 2.19 bits per heavy atom. The third-order valence-electron chi connectivity index (χ3n) is 2.61. The van der Waals surface area contributed by atoms with E-state index in [1.165, 1.54) is 7.11 Å². The zero-order chi connectivity index (χ0) is 12.1. The molecule has 2 N–H and O–H groups in total. The van der Waals surface area contributed by atoms with Crippen LogP contribution < -0.4 is 10.6 Å². The van der Waals surface area contributed by atoms with Crippen molar-refractivity contribution in [2.24, 2.45) is 5.92 Å². The van der Waals surface area contributed by atoms with Crippen molar-refractivity contribution in [2.45, 2.75) is 45.3 Å². The van der Waals surface area contributed by atoms with Gasteiger partial charge in [-0.1, -0.05) is 13.8 Å². The first-order valence-corrected chi connectivity index (χ1v) is 5.66. The van der Waals surface area contributed by atoms with Gasteiger partial charge in [0.05, 0.1) is 19.3 Å². The van der Waals surface area contributed by atoms with Gasteiger partial charge in [0.25, 0.3) is 0 Å². The second-order valence-electron chi connectivity index (χ2n) is 4.52. The molecule has 1 unspecified atom stereocenters. The van der Waals surface area contributed by atoms with Gasteiger partial charge in [-0.15, -0.1) is 0 Å². The number of nitrogens with one attached hydrogen (secondary N) is 2. The van der Waals surface area contributed by atoms with Gasteiger partial charge in [-0.25, -0.2) is 0 Å². The summed E-state index contributed by atoms with van der Waals surface area (Å²) in [5.41, 5.74) is 0. The highest BCUT2D eigenvalue weighted by molar-refractivity contribution is 5.84. The molecule has 1 amide bonds. The van der Waals surface area contributed by atoms with Crippen LogP contribution in [0, 0.1) is 5.92 Å². The minimum absolute atomic E-state index is 0.0311. The van der Waals surface area contributed by atoms with Gasteiger partial charge in [0.15, 0.2) is 0 Å². The fourth-order valence-corrected chi connectivity index (χ4v) is 1.80. The monoisotopic (exact) mass is 228 g/mol. The minimum atomic E-state index is -0.247. The first-order valence-electron chi connectivity index (χ1n) is 5.66. The third kappa shape index (κ3) is 3.81. The van der Waals surface area contributed by atoms with Crippen molar-refractivity contribution in [2.75, 3.05) is 7.11 Å². The molecule has 16 heavy (non-hydrogen) atoms. The summed E-state index contributed by atoms with van der Waals surface area (Å²) < 4.78 is 4.55. The Kier molecular flexibility index (Phi) is 4.73. The van der Waals surface area contributed by atoms with E-state index in [4.69, 9.17) is 0 Å². The molecule has 2 atom stereocenters. The Morgan fingerprint density at radius 3 is 2.75 bits per heavy atom. The predicted molar refractivity (Wildman–Crippen MR) is 59.6 cm³/mol. The van der Waals surface area contributed by atoms with Gasteiger partial charge in [0.2, 0.25) is 5.91 Å². The van der Waals surface area contributed by atoms with E-state index in [0.29, 0.717) is 18.8 Å². The summed E-state index contributed by atoms with van der Waals surface area (Å²) in [5, 5.41) is 6.01. The fraction of sp³-hybridized carbons (Fsp3) is 0.818. The third-order valence-corrected chi connectivity index (χ3v) is 2.61. The molecule has 5 nitrogen and oxygen atoms in total. The molecule has 1 rings (SSSR count). The van der Waals surface area contributed by atoms with Crippen molar-refractivity contribution < 1.29 is 14.3 Å². The van der Waals surface area contributed by atoms with Crippen LogP contribution in [0.15, 0.2) is 0 Å². The second-order valence-corrected chi connectivity index (χ2v) is 4.52. The zero-order valence-electron chi connectivity index (χ0n) is 10.1. The van der Waals surface area contributed by atoms with Crippen molar-refractivity contribution in [3.8, 4) is 0 Å². The molecule has 0 aromatic carbocycles. The molecule has 1 aliphatic heterocycles. The van der Waals surface area contributed by atoms with Gasteiger partial charge in [0.1, 0.15) is 0 Å². The molecule has 0 aromatic heterocycles. The average molecular weight is 228 g/mol. The quantitative estimate of drug-likeness (QED) is 0.668. The molecule has 0 spiro atoms. The maximum atomic E-state index is 11.5. The van der Waals surface area contributed by atoms with Crippen LogP contribution in [0.2, 0.25) is 0 Å². The van der Waals surface area contributed by atoms with E-state index in [2.05, 4.69) is 29.2 Å². The summed E-state index contributed by atoms with van der Waals surface area (Å²) in [5.74, 6) is 0.259. The lowest BCUT2D eigenvalue weighted by Crippen LogP contribution is -2.34. The van der Waals surface area contributed by atoms with Gasteiger partial charge >= 0.3 is 5.97 Å². The highest BCUT2D eigenvalue weighted by Crippen LogP contribution is 2.11. The molecular formula is C11H20N2O3. The van der Waals surface area contributed by atoms with Crippen molar-refractivity contribution in [1.82, 2.24) is 10.6 Å². The van der Waals surface area contributed by atoms with Crippen molar-refractivity contribution in [3.05, 3.63) is 0 Å². The van der Waals surface area contributed by atoms with Crippen LogP contribution in [-0.4, -0.2) is 31.2 Å². The summed E-state index contributed by atoms with van der Waals surface area (Å²) >= 11 is 0. The smallest absolute Gasteiger partial charge is 0.305 e. The highest BCUT2D eigenvalue weighted by atomic mass is 16.5. The first kappa shape index (κ1) is 13.0. The number of methoxy groups -OCH3 is 1. The molecule has 1 saturated heterocycles. The van der Waals surface area contributed by atoms with Gasteiger partial charge in [-0.2, -0.15) is 0 Å². The Hall–Kier alpha value is -1.10. The van der Waals surface area contributed by atoms with Gasteiger partial charge in [-0.05, 0) is 18.8 Å². The van der Waals surface area contributed by atoms with Crippen molar-refractivity contribution >= 4 is 11.9 Å². The number of esters is 1. The lowest BCUT2D eigenvalue weighted by molar-refractivity contribution is -0.141. The molecule has 5 heteroatoms. The van der Waals surface area contributed by atoms with Crippen LogP contribution in [0.4, 0.5) is 0 Å². The van der Waals surface area contributed by atoms with Gasteiger partial charge in [-0.3, -0.25) is 14.9 Å². The molecule has 1 aliphatic rings. The van der Waals surface area contributed by atoms with E-state index in [0.717, 1.165) is 6.42 Å².